The van der Waals surface area contributed by atoms with Crippen molar-refractivity contribution in [1.82, 2.24) is 14.9 Å². The second-order valence-corrected chi connectivity index (χ2v) is 11.4. The summed E-state index contributed by atoms with van der Waals surface area (Å²) in [6, 6.07) is -0.318. The van der Waals surface area contributed by atoms with E-state index in [0.29, 0.717) is 51.3 Å². The molecule has 2 aliphatic heterocycles. The van der Waals surface area contributed by atoms with Gasteiger partial charge in [0.25, 0.3) is 10.1 Å². The highest BCUT2D eigenvalue weighted by Gasteiger charge is 2.37. The predicted molar refractivity (Wildman–Crippen MR) is 124 cm³/mol. The number of carbonyl (C=O) groups excluding carboxylic acids is 1. The lowest BCUT2D eigenvalue weighted by molar-refractivity contribution is 0.0120. The van der Waals surface area contributed by atoms with Gasteiger partial charge in [0, 0.05) is 18.7 Å². The Kier molecular flexibility index (Phi) is 8.08. The zero-order chi connectivity index (χ0) is 24.4. The van der Waals surface area contributed by atoms with Gasteiger partial charge in [0.15, 0.2) is 0 Å². The SMILES string of the molecule is CC1COCCN1c1nc(Cl)nc2c1CCN(C(=O)OC(C)(C)C)C2CCCOS(C)(=O)=O. The summed E-state index contributed by atoms with van der Waals surface area (Å²) < 4.78 is 38.8. The van der Waals surface area contributed by atoms with Crippen molar-refractivity contribution in [3.05, 3.63) is 16.5 Å². The average Bonchev–Trinajstić information content (AvgIpc) is 2.69. The average molecular weight is 505 g/mol. The van der Waals surface area contributed by atoms with Crippen LogP contribution in [0.4, 0.5) is 10.6 Å². The predicted octanol–water partition coefficient (Wildman–Crippen LogP) is 2.95. The molecule has 0 saturated carbocycles. The molecule has 1 fully saturated rings. The molecule has 186 valence electrons. The molecule has 0 spiro atoms. The first-order valence-electron chi connectivity index (χ1n) is 11.1. The third-order valence-electron chi connectivity index (χ3n) is 5.47. The van der Waals surface area contributed by atoms with Crippen molar-refractivity contribution >= 4 is 33.6 Å². The van der Waals surface area contributed by atoms with Crippen molar-refractivity contribution in [3.63, 3.8) is 0 Å². The van der Waals surface area contributed by atoms with E-state index in [2.05, 4.69) is 21.8 Å². The van der Waals surface area contributed by atoms with Gasteiger partial charge in [-0.15, -0.1) is 0 Å². The largest absolute Gasteiger partial charge is 0.444 e. The smallest absolute Gasteiger partial charge is 0.410 e. The summed E-state index contributed by atoms with van der Waals surface area (Å²) >= 11 is 6.35. The second kappa shape index (κ2) is 10.3. The summed E-state index contributed by atoms with van der Waals surface area (Å²) in [5.74, 6) is 0.766. The van der Waals surface area contributed by atoms with E-state index in [1.54, 1.807) is 4.90 Å². The van der Waals surface area contributed by atoms with Crippen LogP contribution in [0.2, 0.25) is 5.28 Å². The van der Waals surface area contributed by atoms with E-state index in [1.165, 1.54) is 0 Å². The highest BCUT2D eigenvalue weighted by Crippen LogP contribution is 2.38. The van der Waals surface area contributed by atoms with Crippen LogP contribution in [0.1, 0.15) is 57.8 Å². The van der Waals surface area contributed by atoms with E-state index in [0.717, 1.165) is 17.6 Å². The first kappa shape index (κ1) is 25.9. The van der Waals surface area contributed by atoms with Crippen LogP contribution >= 0.6 is 11.6 Å². The van der Waals surface area contributed by atoms with Gasteiger partial charge in [-0.1, -0.05) is 0 Å². The minimum atomic E-state index is -3.55. The lowest BCUT2D eigenvalue weighted by atomic mass is 9.94. The Labute approximate surface area is 200 Å². The summed E-state index contributed by atoms with van der Waals surface area (Å²) in [5, 5.41) is 0.103. The Bertz CT molecular complexity index is 968. The number of nitrogens with zero attached hydrogens (tertiary/aromatic N) is 4. The van der Waals surface area contributed by atoms with Crippen molar-refractivity contribution < 1.29 is 26.9 Å². The first-order valence-corrected chi connectivity index (χ1v) is 13.3. The molecule has 3 heterocycles. The molecule has 2 unspecified atom stereocenters. The molecule has 10 nitrogen and oxygen atoms in total. The number of ether oxygens (including phenoxy) is 2. The monoisotopic (exact) mass is 504 g/mol. The number of rotatable bonds is 6. The standard InChI is InChI=1S/C21H33ClN4O6S/c1-14-13-30-12-10-25(14)18-15-8-9-26(20(27)32-21(2,3)4)16(17(15)23-19(22)24-18)7-6-11-31-33(5,28)29/h14,16H,6-13H2,1-5H3. The van der Waals surface area contributed by atoms with Gasteiger partial charge in [0.05, 0.1) is 43.9 Å². The van der Waals surface area contributed by atoms with Crippen molar-refractivity contribution in [1.29, 1.82) is 0 Å². The molecule has 1 aromatic rings. The minimum Gasteiger partial charge on any atom is -0.444 e. The fourth-order valence-corrected chi connectivity index (χ4v) is 4.70. The fraction of sp³-hybridized carbons (Fsp3) is 0.762. The number of fused-ring (bicyclic) bond motifs is 1. The number of amides is 1. The van der Waals surface area contributed by atoms with Crippen LogP contribution in [0.3, 0.4) is 0 Å². The maximum absolute atomic E-state index is 13.0. The van der Waals surface area contributed by atoms with Crippen LogP contribution in [-0.4, -0.2) is 80.2 Å². The van der Waals surface area contributed by atoms with E-state index < -0.39 is 27.9 Å². The van der Waals surface area contributed by atoms with E-state index in [1.807, 2.05) is 20.8 Å². The molecule has 1 amide bonds. The summed E-state index contributed by atoms with van der Waals surface area (Å²) in [6.07, 6.45) is 1.97. The summed E-state index contributed by atoms with van der Waals surface area (Å²) in [4.78, 5) is 25.9. The Morgan fingerprint density at radius 3 is 2.64 bits per heavy atom. The Hall–Kier alpha value is -1.69. The van der Waals surface area contributed by atoms with Crippen LogP contribution in [0.15, 0.2) is 0 Å². The van der Waals surface area contributed by atoms with Crippen LogP contribution < -0.4 is 4.90 Å². The topological polar surface area (TPSA) is 111 Å². The maximum Gasteiger partial charge on any atom is 0.410 e. The molecular weight excluding hydrogens is 472 g/mol. The molecule has 1 saturated heterocycles. The molecule has 33 heavy (non-hydrogen) atoms. The molecule has 0 bridgehead atoms. The number of anilines is 1. The van der Waals surface area contributed by atoms with Crippen molar-refractivity contribution in [2.24, 2.45) is 0 Å². The van der Waals surface area contributed by atoms with Crippen LogP contribution in [0.5, 0.6) is 0 Å². The van der Waals surface area contributed by atoms with Gasteiger partial charge < -0.3 is 14.4 Å². The van der Waals surface area contributed by atoms with Gasteiger partial charge in [-0.05, 0) is 58.6 Å². The van der Waals surface area contributed by atoms with Crippen molar-refractivity contribution in [2.75, 3.05) is 44.1 Å². The molecular formula is C21H33ClN4O6S. The Balaban J connectivity index is 1.94. The summed E-state index contributed by atoms with van der Waals surface area (Å²) in [5.41, 5.74) is 0.959. The minimum absolute atomic E-state index is 0.0129. The Morgan fingerprint density at radius 2 is 2.00 bits per heavy atom. The number of morpholine rings is 1. The highest BCUT2D eigenvalue weighted by molar-refractivity contribution is 7.85. The Morgan fingerprint density at radius 1 is 1.27 bits per heavy atom. The van der Waals surface area contributed by atoms with E-state index >= 15 is 0 Å². The molecule has 0 aliphatic carbocycles. The summed E-state index contributed by atoms with van der Waals surface area (Å²) in [7, 11) is -3.55. The van der Waals surface area contributed by atoms with Gasteiger partial charge in [0.1, 0.15) is 11.4 Å². The molecule has 0 aromatic carbocycles. The number of hydrogen-bond donors (Lipinski definition) is 0. The molecule has 2 aliphatic rings. The molecule has 3 rings (SSSR count). The zero-order valence-electron chi connectivity index (χ0n) is 19.8. The van der Waals surface area contributed by atoms with Crippen LogP contribution in [0.25, 0.3) is 0 Å². The molecule has 12 heteroatoms. The van der Waals surface area contributed by atoms with E-state index in [9.17, 15) is 13.2 Å². The van der Waals surface area contributed by atoms with Gasteiger partial charge in [-0.3, -0.25) is 9.08 Å². The van der Waals surface area contributed by atoms with Gasteiger partial charge >= 0.3 is 6.09 Å². The maximum atomic E-state index is 13.0. The van der Waals surface area contributed by atoms with E-state index in [-0.39, 0.29) is 17.9 Å². The van der Waals surface area contributed by atoms with E-state index in [4.69, 9.17) is 25.3 Å². The number of carbonyl (C=O) groups is 1. The molecule has 2 atom stereocenters. The number of hydrogen-bond acceptors (Lipinski definition) is 9. The molecule has 0 radical (unpaired) electrons. The molecule has 0 N–H and O–H groups in total. The first-order chi connectivity index (χ1) is 15.4. The number of halogens is 1. The van der Waals surface area contributed by atoms with Crippen molar-refractivity contribution in [3.8, 4) is 0 Å². The van der Waals surface area contributed by atoms with Crippen LogP contribution in [-0.2, 0) is 30.2 Å². The van der Waals surface area contributed by atoms with Gasteiger partial charge in [0.2, 0.25) is 5.28 Å². The second-order valence-electron chi connectivity index (χ2n) is 9.41. The molecule has 1 aromatic heterocycles. The third-order valence-corrected chi connectivity index (χ3v) is 6.24. The zero-order valence-corrected chi connectivity index (χ0v) is 21.4. The van der Waals surface area contributed by atoms with Gasteiger partial charge in [-0.25, -0.2) is 14.8 Å². The van der Waals surface area contributed by atoms with Gasteiger partial charge in [-0.2, -0.15) is 8.42 Å². The highest BCUT2D eigenvalue weighted by atomic mass is 35.5. The lowest BCUT2D eigenvalue weighted by Gasteiger charge is -2.40. The number of aromatic nitrogens is 2. The quantitative estimate of drug-likeness (QED) is 0.328. The normalized spacial score (nSPS) is 21.6. The van der Waals surface area contributed by atoms with Crippen LogP contribution in [0, 0.1) is 0 Å². The van der Waals surface area contributed by atoms with Crippen molar-refractivity contribution in [2.45, 2.75) is 64.6 Å². The third kappa shape index (κ3) is 6.91. The lowest BCUT2D eigenvalue weighted by Crippen LogP contribution is -2.47. The summed E-state index contributed by atoms with van der Waals surface area (Å²) in [6.45, 7) is 9.82. The fourth-order valence-electron chi connectivity index (χ4n) is 4.11.